The van der Waals surface area contributed by atoms with Gasteiger partial charge in [-0.1, -0.05) is 19.1 Å². The van der Waals surface area contributed by atoms with Crippen molar-refractivity contribution in [3.8, 4) is 5.75 Å². The summed E-state index contributed by atoms with van der Waals surface area (Å²) in [5, 5.41) is 18.1. The zero-order chi connectivity index (χ0) is 23.1. The molecule has 0 spiro atoms. The lowest BCUT2D eigenvalue weighted by atomic mass is 9.88. The van der Waals surface area contributed by atoms with E-state index in [1.54, 1.807) is 29.5 Å². The van der Waals surface area contributed by atoms with Crippen LogP contribution < -0.4 is 15.4 Å². The molecule has 0 saturated heterocycles. The van der Waals surface area contributed by atoms with E-state index in [4.69, 9.17) is 4.74 Å². The lowest BCUT2D eigenvalue weighted by Gasteiger charge is -2.27. The highest BCUT2D eigenvalue weighted by molar-refractivity contribution is 7.16. The Balaban J connectivity index is 1.34. The van der Waals surface area contributed by atoms with Crippen molar-refractivity contribution >= 4 is 33.9 Å². The maximum absolute atomic E-state index is 12.9. The van der Waals surface area contributed by atoms with Crippen LogP contribution in [0.25, 0.3) is 0 Å². The van der Waals surface area contributed by atoms with E-state index in [1.807, 2.05) is 6.07 Å². The molecule has 0 radical (unpaired) electrons. The van der Waals surface area contributed by atoms with Gasteiger partial charge in [0, 0.05) is 17.0 Å². The molecule has 0 fully saturated rings. The topological polar surface area (TPSA) is 111 Å². The van der Waals surface area contributed by atoms with E-state index in [2.05, 4.69) is 17.6 Å². The Bertz CT molecular complexity index is 1270. The van der Waals surface area contributed by atoms with Gasteiger partial charge in [0.1, 0.15) is 16.9 Å². The van der Waals surface area contributed by atoms with Gasteiger partial charge in [-0.2, -0.15) is 0 Å². The number of nitrogens with one attached hydrogen (secondary N) is 2. The van der Waals surface area contributed by atoms with Crippen LogP contribution in [0.1, 0.15) is 56.2 Å². The van der Waals surface area contributed by atoms with Crippen LogP contribution in [0.15, 0.2) is 48.5 Å². The quantitative estimate of drug-likeness (QED) is 0.248. The number of carbonyl (C=O) groups is 2. The Morgan fingerprint density at radius 1 is 1.18 bits per heavy atom. The number of carbonyl (C=O) groups excluding carboxylic acids is 2. The molecule has 1 aliphatic heterocycles. The molecule has 1 amide bonds. The van der Waals surface area contributed by atoms with Crippen molar-refractivity contribution in [2.24, 2.45) is 5.92 Å². The van der Waals surface area contributed by atoms with Crippen LogP contribution in [-0.2, 0) is 12.8 Å². The fraction of sp³-hybridized carbons (Fsp3) is 0.250. The van der Waals surface area contributed by atoms with E-state index in [0.29, 0.717) is 11.7 Å². The minimum Gasteiger partial charge on any atom is -0.423 e. The molecule has 168 valence electrons. The summed E-state index contributed by atoms with van der Waals surface area (Å²) in [6.45, 7) is 2.24. The van der Waals surface area contributed by atoms with Crippen LogP contribution in [0.3, 0.4) is 0 Å². The molecule has 2 aromatic carbocycles. The van der Waals surface area contributed by atoms with E-state index < -0.39 is 17.1 Å². The van der Waals surface area contributed by atoms with Gasteiger partial charge in [0.05, 0.1) is 16.1 Å². The molecule has 2 N–H and O–H groups in total. The number of esters is 1. The summed E-state index contributed by atoms with van der Waals surface area (Å²) >= 11 is 1.65. The summed E-state index contributed by atoms with van der Waals surface area (Å²) in [7, 11) is 0. The number of amides is 1. The Kier molecular flexibility index (Phi) is 5.33. The predicted octanol–water partition coefficient (Wildman–Crippen LogP) is 4.85. The van der Waals surface area contributed by atoms with Gasteiger partial charge in [0.2, 0.25) is 0 Å². The van der Waals surface area contributed by atoms with Crippen molar-refractivity contribution < 1.29 is 19.2 Å². The number of thiophene rings is 1. The molecule has 5 rings (SSSR count). The van der Waals surface area contributed by atoms with Crippen LogP contribution >= 0.6 is 11.3 Å². The molecule has 2 heterocycles. The summed E-state index contributed by atoms with van der Waals surface area (Å²) in [5.41, 5.74) is 2.79. The standard InChI is InChI=1S/C24H21N3O5S/c1-13-5-10-18-19(11-13)33-23-20(18)22(28)25-21(26-23)15-3-2-4-17(12-15)32-24(29)14-6-8-16(9-7-14)27(30)31/h2-4,6-9,12-13,21,26H,5,10-11H2,1H3,(H,25,28)/t13-,21-/m0/s1. The second-order valence-corrected chi connectivity index (χ2v) is 9.48. The van der Waals surface area contributed by atoms with E-state index in [1.165, 1.54) is 34.7 Å². The number of anilines is 1. The smallest absolute Gasteiger partial charge is 0.343 e. The normalized spacial score (nSPS) is 19.0. The molecule has 9 heteroatoms. The molecule has 8 nitrogen and oxygen atoms in total. The molecule has 1 aliphatic carbocycles. The van der Waals surface area contributed by atoms with Gasteiger partial charge in [0.25, 0.3) is 11.6 Å². The molecule has 33 heavy (non-hydrogen) atoms. The maximum atomic E-state index is 12.9. The average molecular weight is 464 g/mol. The lowest BCUT2D eigenvalue weighted by Crippen LogP contribution is -2.38. The molecule has 3 aromatic rings. The minimum absolute atomic E-state index is 0.0888. The van der Waals surface area contributed by atoms with Crippen LogP contribution in [0.2, 0.25) is 0 Å². The first-order valence-corrected chi connectivity index (χ1v) is 11.5. The Hall–Kier alpha value is -3.72. The third-order valence-electron chi connectivity index (χ3n) is 6.01. The lowest BCUT2D eigenvalue weighted by molar-refractivity contribution is -0.384. The number of benzene rings is 2. The molecular formula is C24H21N3O5S. The molecule has 2 aliphatic rings. The van der Waals surface area contributed by atoms with Crippen molar-refractivity contribution in [1.29, 1.82) is 0 Å². The third-order valence-corrected chi connectivity index (χ3v) is 7.19. The van der Waals surface area contributed by atoms with Crippen LogP contribution in [0.4, 0.5) is 10.7 Å². The predicted molar refractivity (Wildman–Crippen MR) is 124 cm³/mol. The van der Waals surface area contributed by atoms with E-state index in [9.17, 15) is 19.7 Å². The average Bonchev–Trinajstić information content (AvgIpc) is 3.17. The number of nitro benzene ring substituents is 1. The summed E-state index contributed by atoms with van der Waals surface area (Å²) in [6.07, 6.45) is 2.58. The van der Waals surface area contributed by atoms with Crippen molar-refractivity contribution in [1.82, 2.24) is 5.32 Å². The third kappa shape index (κ3) is 4.07. The van der Waals surface area contributed by atoms with E-state index in [0.717, 1.165) is 35.4 Å². The first-order valence-electron chi connectivity index (χ1n) is 10.7. The van der Waals surface area contributed by atoms with Crippen molar-refractivity contribution in [2.45, 2.75) is 32.4 Å². The molecular weight excluding hydrogens is 442 g/mol. The fourth-order valence-electron chi connectivity index (χ4n) is 4.27. The van der Waals surface area contributed by atoms with Crippen molar-refractivity contribution in [3.05, 3.63) is 85.8 Å². The number of nitrogens with zero attached hydrogens (tertiary/aromatic N) is 1. The van der Waals surface area contributed by atoms with Crippen LogP contribution in [0, 0.1) is 16.0 Å². The largest absolute Gasteiger partial charge is 0.423 e. The first kappa shape index (κ1) is 21.1. The maximum Gasteiger partial charge on any atom is 0.343 e. The van der Waals surface area contributed by atoms with Crippen LogP contribution in [0.5, 0.6) is 5.75 Å². The number of hydrogen-bond donors (Lipinski definition) is 2. The number of rotatable bonds is 4. The van der Waals surface area contributed by atoms with Gasteiger partial charge in [-0.05, 0) is 60.6 Å². The van der Waals surface area contributed by atoms with Gasteiger partial charge in [-0.15, -0.1) is 11.3 Å². The Morgan fingerprint density at radius 3 is 2.73 bits per heavy atom. The number of nitro groups is 1. The van der Waals surface area contributed by atoms with Crippen molar-refractivity contribution in [3.63, 3.8) is 0 Å². The number of fused-ring (bicyclic) bond motifs is 3. The number of hydrogen-bond acceptors (Lipinski definition) is 7. The van der Waals surface area contributed by atoms with Gasteiger partial charge >= 0.3 is 5.97 Å². The first-order chi connectivity index (χ1) is 15.9. The SMILES string of the molecule is C[C@H]1CCc2c(sc3c2C(=O)N[C@H](c2cccc(OC(=O)c4ccc([N+](=O)[O-])cc4)c2)N3)C1. The van der Waals surface area contributed by atoms with E-state index in [-0.39, 0.29) is 17.2 Å². The summed E-state index contributed by atoms with van der Waals surface area (Å²) in [6, 6.07) is 12.2. The number of non-ortho nitro benzene ring substituents is 1. The Morgan fingerprint density at radius 2 is 1.97 bits per heavy atom. The van der Waals surface area contributed by atoms with Crippen LogP contribution in [-0.4, -0.2) is 16.8 Å². The van der Waals surface area contributed by atoms with Gasteiger partial charge in [0.15, 0.2) is 0 Å². The fourth-order valence-corrected chi connectivity index (χ4v) is 5.71. The molecule has 0 unspecified atom stereocenters. The van der Waals surface area contributed by atoms with Gasteiger partial charge in [-0.25, -0.2) is 4.79 Å². The second-order valence-electron chi connectivity index (χ2n) is 8.37. The highest BCUT2D eigenvalue weighted by Gasteiger charge is 2.33. The summed E-state index contributed by atoms with van der Waals surface area (Å²) in [4.78, 5) is 36.9. The molecule has 1 aromatic heterocycles. The second kappa shape index (κ2) is 8.32. The molecule has 0 bridgehead atoms. The van der Waals surface area contributed by atoms with E-state index >= 15 is 0 Å². The summed E-state index contributed by atoms with van der Waals surface area (Å²) in [5.74, 6) is 0.231. The zero-order valence-corrected chi connectivity index (χ0v) is 18.6. The highest BCUT2D eigenvalue weighted by Crippen LogP contribution is 2.42. The van der Waals surface area contributed by atoms with Gasteiger partial charge < -0.3 is 15.4 Å². The molecule has 0 saturated carbocycles. The Labute approximate surface area is 193 Å². The monoisotopic (exact) mass is 463 g/mol. The molecule has 2 atom stereocenters. The highest BCUT2D eigenvalue weighted by atomic mass is 32.1. The van der Waals surface area contributed by atoms with Gasteiger partial charge in [-0.3, -0.25) is 14.9 Å². The minimum atomic E-state index is -0.620. The zero-order valence-electron chi connectivity index (χ0n) is 17.8. The van der Waals surface area contributed by atoms with Crippen molar-refractivity contribution in [2.75, 3.05) is 5.32 Å². The number of ether oxygens (including phenoxy) is 1. The summed E-state index contributed by atoms with van der Waals surface area (Å²) < 4.78 is 5.46.